The molecule has 0 bridgehead atoms. The van der Waals surface area contributed by atoms with Crippen molar-refractivity contribution in [2.75, 3.05) is 25.0 Å². The summed E-state index contributed by atoms with van der Waals surface area (Å²) in [7, 11) is 1.99. The lowest BCUT2D eigenvalue weighted by Crippen LogP contribution is -2.47. The molecule has 1 saturated carbocycles. The van der Waals surface area contributed by atoms with Gasteiger partial charge in [-0.25, -0.2) is 19.6 Å². The minimum atomic E-state index is 0.0375. The molecule has 4 rings (SSSR count). The Hall–Kier alpha value is -2.51. The fraction of sp³-hybridized carbons (Fsp3) is 0.632. The van der Waals surface area contributed by atoms with Gasteiger partial charge in [-0.1, -0.05) is 19.3 Å². The fourth-order valence-corrected chi connectivity index (χ4v) is 4.28. The van der Waals surface area contributed by atoms with Crippen molar-refractivity contribution in [3.8, 4) is 5.82 Å². The fourth-order valence-electron chi connectivity index (χ4n) is 4.28. The third-order valence-corrected chi connectivity index (χ3v) is 5.86. The molecule has 144 valence electrons. The smallest absolute Gasteiger partial charge is 0.227 e. The number of amides is 1. The lowest BCUT2D eigenvalue weighted by molar-refractivity contribution is -0.137. The third kappa shape index (κ3) is 3.94. The highest BCUT2D eigenvalue weighted by Gasteiger charge is 2.31. The predicted molar refractivity (Wildman–Crippen MR) is 102 cm³/mol. The van der Waals surface area contributed by atoms with Crippen LogP contribution in [0.3, 0.4) is 0 Å². The molecule has 1 unspecified atom stereocenters. The zero-order chi connectivity index (χ0) is 18.6. The van der Waals surface area contributed by atoms with E-state index in [-0.39, 0.29) is 11.8 Å². The van der Waals surface area contributed by atoms with Crippen LogP contribution in [0.15, 0.2) is 25.0 Å². The van der Waals surface area contributed by atoms with Gasteiger partial charge < -0.3 is 9.80 Å². The summed E-state index contributed by atoms with van der Waals surface area (Å²) >= 11 is 0. The Balaban J connectivity index is 1.45. The highest BCUT2D eigenvalue weighted by molar-refractivity contribution is 5.79. The molecule has 8 heteroatoms. The van der Waals surface area contributed by atoms with Crippen molar-refractivity contribution in [2.45, 2.75) is 51.0 Å². The first-order valence-electron chi connectivity index (χ1n) is 9.91. The van der Waals surface area contributed by atoms with Crippen molar-refractivity contribution in [3.63, 3.8) is 0 Å². The minimum Gasteiger partial charge on any atom is -0.356 e. The molecule has 0 spiro atoms. The number of aromatic nitrogens is 5. The number of nitrogens with zero attached hydrogens (tertiary/aromatic N) is 7. The van der Waals surface area contributed by atoms with Gasteiger partial charge in [-0.3, -0.25) is 4.79 Å². The second-order valence-electron chi connectivity index (χ2n) is 7.60. The van der Waals surface area contributed by atoms with Crippen molar-refractivity contribution in [2.24, 2.45) is 5.92 Å². The van der Waals surface area contributed by atoms with E-state index in [2.05, 4.69) is 25.0 Å². The maximum atomic E-state index is 13.1. The first kappa shape index (κ1) is 17.9. The van der Waals surface area contributed by atoms with E-state index < -0.39 is 0 Å². The van der Waals surface area contributed by atoms with E-state index in [1.165, 1.54) is 25.6 Å². The van der Waals surface area contributed by atoms with E-state index >= 15 is 0 Å². The topological polar surface area (TPSA) is 80.0 Å². The summed E-state index contributed by atoms with van der Waals surface area (Å²) in [6.07, 6.45) is 12.7. The molecule has 1 saturated heterocycles. The Morgan fingerprint density at radius 2 is 1.89 bits per heavy atom. The van der Waals surface area contributed by atoms with Crippen LogP contribution in [-0.4, -0.2) is 61.7 Å². The van der Waals surface area contributed by atoms with Crippen LogP contribution in [-0.2, 0) is 4.79 Å². The van der Waals surface area contributed by atoms with Crippen LogP contribution in [0.5, 0.6) is 0 Å². The molecule has 1 atom stereocenters. The molecule has 2 aliphatic rings. The van der Waals surface area contributed by atoms with E-state index in [4.69, 9.17) is 0 Å². The van der Waals surface area contributed by atoms with Crippen LogP contribution < -0.4 is 4.90 Å². The molecule has 1 aliphatic heterocycles. The molecule has 2 fully saturated rings. The lowest BCUT2D eigenvalue weighted by atomic mass is 9.91. The van der Waals surface area contributed by atoms with Crippen molar-refractivity contribution in [1.82, 2.24) is 29.6 Å². The molecule has 2 aromatic rings. The van der Waals surface area contributed by atoms with Crippen LogP contribution >= 0.6 is 0 Å². The molecule has 1 aliphatic carbocycles. The normalized spacial score (nSPS) is 21.2. The van der Waals surface area contributed by atoms with Gasteiger partial charge in [0.05, 0.1) is 5.92 Å². The molecule has 2 aromatic heterocycles. The Morgan fingerprint density at radius 1 is 1.07 bits per heavy atom. The minimum absolute atomic E-state index is 0.0375. The lowest BCUT2D eigenvalue weighted by Gasteiger charge is -2.38. The number of rotatable bonds is 4. The number of carbonyl (C=O) groups excluding carboxylic acids is 1. The summed E-state index contributed by atoms with van der Waals surface area (Å²) in [5.41, 5.74) is 0. The van der Waals surface area contributed by atoms with Crippen LogP contribution in [0.1, 0.15) is 44.9 Å². The first-order valence-corrected chi connectivity index (χ1v) is 9.91. The second-order valence-corrected chi connectivity index (χ2v) is 7.60. The summed E-state index contributed by atoms with van der Waals surface area (Å²) in [6.45, 7) is 1.62. The van der Waals surface area contributed by atoms with Crippen molar-refractivity contribution >= 4 is 11.7 Å². The standard InChI is InChI=1S/C19H27N7O/c1-24(16-7-3-2-4-8-16)19(27)15-6-5-9-25(11-15)17-10-18(22-13-21-17)26-14-20-12-23-26/h10,12-16H,2-9,11H2,1H3. The highest BCUT2D eigenvalue weighted by Crippen LogP contribution is 2.27. The Kier molecular flexibility index (Phi) is 5.31. The Bertz CT molecular complexity index is 757. The van der Waals surface area contributed by atoms with Gasteiger partial charge in [0.25, 0.3) is 0 Å². The summed E-state index contributed by atoms with van der Waals surface area (Å²) in [4.78, 5) is 30.0. The third-order valence-electron chi connectivity index (χ3n) is 5.86. The van der Waals surface area contributed by atoms with Gasteiger partial charge in [-0.2, -0.15) is 5.10 Å². The number of carbonyl (C=O) groups is 1. The number of anilines is 1. The van der Waals surface area contributed by atoms with Crippen LogP contribution in [0, 0.1) is 5.92 Å². The van der Waals surface area contributed by atoms with Crippen molar-refractivity contribution in [3.05, 3.63) is 25.0 Å². The van der Waals surface area contributed by atoms with Crippen LogP contribution in [0.2, 0.25) is 0 Å². The summed E-state index contributed by atoms with van der Waals surface area (Å²) in [5.74, 6) is 1.85. The predicted octanol–water partition coefficient (Wildman–Crippen LogP) is 2.06. The average molecular weight is 369 g/mol. The van der Waals surface area contributed by atoms with Gasteiger partial charge in [0.2, 0.25) is 5.91 Å². The van der Waals surface area contributed by atoms with E-state index in [0.717, 1.165) is 38.0 Å². The molecular weight excluding hydrogens is 342 g/mol. The van der Waals surface area contributed by atoms with Gasteiger partial charge in [0.1, 0.15) is 24.8 Å². The summed E-state index contributed by atoms with van der Waals surface area (Å²) in [6, 6.07) is 2.33. The molecule has 0 N–H and O–H groups in total. The zero-order valence-electron chi connectivity index (χ0n) is 15.9. The van der Waals surface area contributed by atoms with E-state index in [1.807, 2.05) is 18.0 Å². The Labute approximate surface area is 159 Å². The average Bonchev–Trinajstić information content (AvgIpc) is 3.28. The van der Waals surface area contributed by atoms with Crippen molar-refractivity contribution in [1.29, 1.82) is 0 Å². The van der Waals surface area contributed by atoms with E-state index in [9.17, 15) is 4.79 Å². The molecule has 0 radical (unpaired) electrons. The zero-order valence-corrected chi connectivity index (χ0v) is 15.9. The monoisotopic (exact) mass is 369 g/mol. The van der Waals surface area contributed by atoms with Gasteiger partial charge in [0, 0.05) is 32.2 Å². The molecule has 1 amide bonds. The van der Waals surface area contributed by atoms with Gasteiger partial charge >= 0.3 is 0 Å². The van der Waals surface area contributed by atoms with E-state index in [1.54, 1.807) is 17.3 Å². The van der Waals surface area contributed by atoms with E-state index in [0.29, 0.717) is 18.4 Å². The van der Waals surface area contributed by atoms with Crippen LogP contribution in [0.25, 0.3) is 5.82 Å². The molecule has 27 heavy (non-hydrogen) atoms. The number of piperidine rings is 1. The Morgan fingerprint density at radius 3 is 2.67 bits per heavy atom. The largest absolute Gasteiger partial charge is 0.356 e. The molecule has 3 heterocycles. The first-order chi connectivity index (χ1) is 13.2. The SMILES string of the molecule is CN(C(=O)C1CCCN(c2cc(-n3cncn3)ncn2)C1)C1CCCCC1. The highest BCUT2D eigenvalue weighted by atomic mass is 16.2. The van der Waals surface area contributed by atoms with Gasteiger partial charge in [0.15, 0.2) is 5.82 Å². The quantitative estimate of drug-likeness (QED) is 0.821. The van der Waals surface area contributed by atoms with Gasteiger partial charge in [-0.05, 0) is 25.7 Å². The molecular formula is C19H27N7O. The molecule has 8 nitrogen and oxygen atoms in total. The second kappa shape index (κ2) is 8.02. The summed E-state index contributed by atoms with van der Waals surface area (Å²) in [5, 5.41) is 4.13. The maximum absolute atomic E-state index is 13.1. The summed E-state index contributed by atoms with van der Waals surface area (Å²) < 4.78 is 1.62. The number of hydrogen-bond donors (Lipinski definition) is 0. The molecule has 0 aromatic carbocycles. The van der Waals surface area contributed by atoms with Crippen molar-refractivity contribution < 1.29 is 4.79 Å². The van der Waals surface area contributed by atoms with Crippen LogP contribution in [0.4, 0.5) is 5.82 Å². The number of hydrogen-bond acceptors (Lipinski definition) is 6. The maximum Gasteiger partial charge on any atom is 0.227 e. The van der Waals surface area contributed by atoms with Gasteiger partial charge in [-0.15, -0.1) is 0 Å².